The van der Waals surface area contributed by atoms with E-state index in [0.717, 1.165) is 29.7 Å². The molecule has 0 bridgehead atoms. The lowest BCUT2D eigenvalue weighted by atomic mass is 9.85. The summed E-state index contributed by atoms with van der Waals surface area (Å²) >= 11 is 0. The zero-order valence-corrected chi connectivity index (χ0v) is 11.6. The van der Waals surface area contributed by atoms with Crippen LogP contribution in [-0.4, -0.2) is 18.2 Å². The van der Waals surface area contributed by atoms with Gasteiger partial charge in [0.05, 0.1) is 13.5 Å². The van der Waals surface area contributed by atoms with Crippen molar-refractivity contribution in [2.75, 3.05) is 7.11 Å². The number of hydrogen-bond donors (Lipinski definition) is 1. The number of carboxylic acids is 1. The van der Waals surface area contributed by atoms with Crippen LogP contribution in [0.2, 0.25) is 0 Å². The van der Waals surface area contributed by atoms with Crippen LogP contribution in [-0.2, 0) is 4.79 Å². The number of aliphatic carboxylic acids is 1. The molecule has 100 valence electrons. The maximum absolute atomic E-state index is 11.0. The van der Waals surface area contributed by atoms with Crippen molar-refractivity contribution in [3.05, 3.63) is 28.8 Å². The summed E-state index contributed by atoms with van der Waals surface area (Å²) in [5.41, 5.74) is 3.40. The molecule has 3 nitrogen and oxygen atoms in total. The largest absolute Gasteiger partial charge is 0.497 e. The van der Waals surface area contributed by atoms with Crippen molar-refractivity contribution in [2.24, 2.45) is 0 Å². The highest BCUT2D eigenvalue weighted by atomic mass is 16.5. The Morgan fingerprint density at radius 2 is 1.89 bits per heavy atom. The van der Waals surface area contributed by atoms with E-state index in [1.807, 2.05) is 26.0 Å². The van der Waals surface area contributed by atoms with Crippen molar-refractivity contribution >= 4 is 5.97 Å². The molecular weight excluding hydrogens is 228 g/mol. The summed E-state index contributed by atoms with van der Waals surface area (Å²) < 4.78 is 5.24. The van der Waals surface area contributed by atoms with E-state index in [1.54, 1.807) is 7.11 Å². The maximum Gasteiger partial charge on any atom is 0.303 e. The fraction of sp³-hybridized carbons (Fsp3) is 0.533. The van der Waals surface area contributed by atoms with Gasteiger partial charge in [-0.15, -0.1) is 0 Å². The summed E-state index contributed by atoms with van der Waals surface area (Å²) in [5, 5.41) is 9.03. The van der Waals surface area contributed by atoms with Gasteiger partial charge in [-0.25, -0.2) is 0 Å². The van der Waals surface area contributed by atoms with Gasteiger partial charge >= 0.3 is 5.97 Å². The molecule has 0 saturated carbocycles. The molecule has 0 aromatic heterocycles. The van der Waals surface area contributed by atoms with Crippen LogP contribution >= 0.6 is 0 Å². The lowest BCUT2D eigenvalue weighted by molar-refractivity contribution is -0.137. The highest BCUT2D eigenvalue weighted by Crippen LogP contribution is 2.33. The second kappa shape index (κ2) is 6.43. The first-order valence-electron chi connectivity index (χ1n) is 6.36. The quantitative estimate of drug-likeness (QED) is 0.838. The van der Waals surface area contributed by atoms with E-state index in [1.165, 1.54) is 5.56 Å². The van der Waals surface area contributed by atoms with Crippen LogP contribution in [0.1, 0.15) is 48.8 Å². The van der Waals surface area contributed by atoms with Crippen molar-refractivity contribution < 1.29 is 14.6 Å². The molecule has 0 radical (unpaired) electrons. The predicted molar refractivity (Wildman–Crippen MR) is 72.4 cm³/mol. The van der Waals surface area contributed by atoms with Crippen LogP contribution < -0.4 is 4.74 Å². The summed E-state index contributed by atoms with van der Waals surface area (Å²) in [7, 11) is 1.65. The molecule has 0 saturated heterocycles. The molecule has 0 heterocycles. The first kappa shape index (κ1) is 14.6. The second-order valence-electron chi connectivity index (χ2n) is 4.76. The number of hydrogen-bond acceptors (Lipinski definition) is 2. The molecule has 1 rings (SSSR count). The summed E-state index contributed by atoms with van der Waals surface area (Å²) in [6.07, 6.45) is 2.09. The minimum Gasteiger partial charge on any atom is -0.497 e. The number of carboxylic acid groups (broad SMARTS) is 1. The first-order chi connectivity index (χ1) is 8.49. The SMILES string of the molecule is CCCC(CC(=O)O)c1c(C)cc(OC)cc1C. The van der Waals surface area contributed by atoms with Crippen LogP contribution in [0.25, 0.3) is 0 Å². The lowest BCUT2D eigenvalue weighted by Gasteiger charge is -2.20. The Balaban J connectivity index is 3.14. The third-order valence-corrected chi connectivity index (χ3v) is 3.27. The van der Waals surface area contributed by atoms with Gasteiger partial charge in [-0.1, -0.05) is 13.3 Å². The number of benzene rings is 1. The molecule has 3 heteroatoms. The highest BCUT2D eigenvalue weighted by molar-refractivity contribution is 5.68. The first-order valence-corrected chi connectivity index (χ1v) is 6.36. The van der Waals surface area contributed by atoms with E-state index in [9.17, 15) is 4.79 Å². The van der Waals surface area contributed by atoms with Gasteiger partial charge in [-0.3, -0.25) is 4.79 Å². The number of rotatable bonds is 6. The average Bonchev–Trinajstić information content (AvgIpc) is 2.27. The molecule has 18 heavy (non-hydrogen) atoms. The zero-order valence-electron chi connectivity index (χ0n) is 11.6. The lowest BCUT2D eigenvalue weighted by Crippen LogP contribution is -2.09. The summed E-state index contributed by atoms with van der Waals surface area (Å²) in [5.74, 6) is 0.195. The fourth-order valence-corrected chi connectivity index (χ4v) is 2.60. The second-order valence-corrected chi connectivity index (χ2v) is 4.76. The molecule has 1 N–H and O–H groups in total. The zero-order chi connectivity index (χ0) is 13.7. The van der Waals surface area contributed by atoms with Gasteiger partial charge < -0.3 is 9.84 Å². The van der Waals surface area contributed by atoms with Crippen molar-refractivity contribution in [3.63, 3.8) is 0 Å². The average molecular weight is 250 g/mol. The van der Waals surface area contributed by atoms with Crippen molar-refractivity contribution in [1.29, 1.82) is 0 Å². The van der Waals surface area contributed by atoms with Crippen LogP contribution in [0, 0.1) is 13.8 Å². The smallest absolute Gasteiger partial charge is 0.303 e. The number of methoxy groups -OCH3 is 1. The number of aryl methyl sites for hydroxylation is 2. The number of ether oxygens (including phenoxy) is 1. The van der Waals surface area contributed by atoms with Gasteiger partial charge in [0.1, 0.15) is 5.75 Å². The third kappa shape index (κ3) is 3.49. The molecule has 0 aliphatic heterocycles. The topological polar surface area (TPSA) is 46.5 Å². The number of carbonyl (C=O) groups is 1. The van der Waals surface area contributed by atoms with Gasteiger partial charge in [-0.05, 0) is 55.0 Å². The van der Waals surface area contributed by atoms with Crippen LogP contribution in [0.4, 0.5) is 0 Å². The molecule has 1 unspecified atom stereocenters. The van der Waals surface area contributed by atoms with E-state index >= 15 is 0 Å². The van der Waals surface area contributed by atoms with Crippen molar-refractivity contribution in [1.82, 2.24) is 0 Å². The molecule has 0 aliphatic carbocycles. The standard InChI is InChI=1S/C15H22O3/c1-5-6-12(9-14(16)17)15-10(2)7-13(18-4)8-11(15)3/h7-8,12H,5-6,9H2,1-4H3,(H,16,17). The molecule has 0 spiro atoms. The molecule has 0 aliphatic rings. The van der Waals surface area contributed by atoms with Crippen molar-refractivity contribution in [3.8, 4) is 5.75 Å². The Labute approximate surface area is 109 Å². The Kier molecular flexibility index (Phi) is 5.20. The van der Waals surface area contributed by atoms with Crippen LogP contribution in [0.15, 0.2) is 12.1 Å². The molecule has 0 amide bonds. The van der Waals surface area contributed by atoms with Gasteiger partial charge in [0.25, 0.3) is 0 Å². The Hall–Kier alpha value is -1.51. The fourth-order valence-electron chi connectivity index (χ4n) is 2.60. The summed E-state index contributed by atoms with van der Waals surface area (Å²) in [4.78, 5) is 11.0. The van der Waals surface area contributed by atoms with Gasteiger partial charge in [-0.2, -0.15) is 0 Å². The van der Waals surface area contributed by atoms with Gasteiger partial charge in [0, 0.05) is 0 Å². The summed E-state index contributed by atoms with van der Waals surface area (Å²) in [6, 6.07) is 3.96. The van der Waals surface area contributed by atoms with E-state index in [4.69, 9.17) is 9.84 Å². The minimum atomic E-state index is -0.733. The van der Waals surface area contributed by atoms with Crippen LogP contribution in [0.3, 0.4) is 0 Å². The maximum atomic E-state index is 11.0. The normalized spacial score (nSPS) is 12.2. The Morgan fingerprint density at radius 3 is 2.28 bits per heavy atom. The predicted octanol–water partition coefficient (Wildman–Crippen LogP) is 3.67. The Bertz CT molecular complexity index is 401. The van der Waals surface area contributed by atoms with Crippen molar-refractivity contribution in [2.45, 2.75) is 46.0 Å². The monoisotopic (exact) mass is 250 g/mol. The van der Waals surface area contributed by atoms with E-state index in [0.29, 0.717) is 0 Å². The molecule has 0 fully saturated rings. The molecule has 1 aromatic carbocycles. The molecule has 1 atom stereocenters. The Morgan fingerprint density at radius 1 is 1.33 bits per heavy atom. The molecular formula is C15H22O3. The van der Waals surface area contributed by atoms with Gasteiger partial charge in [0.2, 0.25) is 0 Å². The summed E-state index contributed by atoms with van der Waals surface area (Å²) in [6.45, 7) is 6.13. The molecule has 1 aromatic rings. The highest BCUT2D eigenvalue weighted by Gasteiger charge is 2.19. The minimum absolute atomic E-state index is 0.0957. The van der Waals surface area contributed by atoms with E-state index in [2.05, 4.69) is 6.92 Å². The van der Waals surface area contributed by atoms with E-state index < -0.39 is 5.97 Å². The van der Waals surface area contributed by atoms with Gasteiger partial charge in [0.15, 0.2) is 0 Å². The third-order valence-electron chi connectivity index (χ3n) is 3.27. The van der Waals surface area contributed by atoms with Crippen LogP contribution in [0.5, 0.6) is 5.75 Å². The van der Waals surface area contributed by atoms with E-state index in [-0.39, 0.29) is 12.3 Å².